The third kappa shape index (κ3) is 4.24. The Morgan fingerprint density at radius 2 is 2.03 bits per heavy atom. The standard InChI is InChI=1S/C24H28N4O4/c1-17-16-32-20-5-6-22-21(13-20)24(26-28(22)23-4-2-3-8-31-23)18-12-19(14-25)27(15-18)7-9-29-10-11-30-17/h5-6,12-13,15,17,23H,2-4,7-11,16H2,1H3/t17-,23?/m1/s1. The smallest absolute Gasteiger partial charge is 0.150 e. The van der Waals surface area contributed by atoms with Gasteiger partial charge in [0, 0.05) is 30.3 Å². The molecule has 0 saturated carbocycles. The first kappa shape index (κ1) is 21.0. The Morgan fingerprint density at radius 3 is 2.88 bits per heavy atom. The van der Waals surface area contributed by atoms with Gasteiger partial charge in [0.2, 0.25) is 0 Å². The van der Waals surface area contributed by atoms with Gasteiger partial charge in [-0.15, -0.1) is 0 Å². The van der Waals surface area contributed by atoms with Crippen LogP contribution in [-0.2, 0) is 20.8 Å². The van der Waals surface area contributed by atoms with Gasteiger partial charge in [0.1, 0.15) is 29.8 Å². The SMILES string of the molecule is C[C@@H]1COc2ccc3c(c2)c(nn3C2CCCCO2)-c2cc(C#N)n(c2)CCOCCO1. The molecule has 0 spiro atoms. The van der Waals surface area contributed by atoms with Crippen LogP contribution in [0.25, 0.3) is 22.2 Å². The maximum atomic E-state index is 9.66. The minimum absolute atomic E-state index is 0.0467. The van der Waals surface area contributed by atoms with Crippen molar-refractivity contribution in [1.82, 2.24) is 14.3 Å². The highest BCUT2D eigenvalue weighted by Gasteiger charge is 2.23. The van der Waals surface area contributed by atoms with Gasteiger partial charge in [0.15, 0.2) is 6.23 Å². The van der Waals surface area contributed by atoms with E-state index < -0.39 is 0 Å². The summed E-state index contributed by atoms with van der Waals surface area (Å²) in [7, 11) is 0. The molecule has 3 aromatic rings. The molecule has 4 heterocycles. The fourth-order valence-corrected chi connectivity index (χ4v) is 4.31. The van der Waals surface area contributed by atoms with E-state index in [4.69, 9.17) is 24.0 Å². The fourth-order valence-electron chi connectivity index (χ4n) is 4.31. The Morgan fingerprint density at radius 1 is 1.09 bits per heavy atom. The number of benzene rings is 1. The maximum Gasteiger partial charge on any atom is 0.150 e. The molecule has 1 aromatic carbocycles. The minimum atomic E-state index is -0.0831. The van der Waals surface area contributed by atoms with E-state index in [1.807, 2.05) is 46.6 Å². The molecule has 0 aliphatic carbocycles. The molecule has 2 aromatic heterocycles. The number of fused-ring (bicyclic) bond motifs is 4. The Labute approximate surface area is 187 Å². The number of ether oxygens (including phenoxy) is 4. The third-order valence-corrected chi connectivity index (χ3v) is 5.98. The summed E-state index contributed by atoms with van der Waals surface area (Å²) >= 11 is 0. The van der Waals surface area contributed by atoms with E-state index in [0.29, 0.717) is 38.7 Å². The molecule has 1 saturated heterocycles. The second-order valence-corrected chi connectivity index (χ2v) is 8.32. The number of nitriles is 1. The van der Waals surface area contributed by atoms with Crippen LogP contribution in [0.5, 0.6) is 5.75 Å². The van der Waals surface area contributed by atoms with E-state index in [1.165, 1.54) is 0 Å². The molecule has 2 aliphatic heterocycles. The molecule has 2 atom stereocenters. The van der Waals surface area contributed by atoms with E-state index in [2.05, 4.69) is 6.07 Å². The van der Waals surface area contributed by atoms with Gasteiger partial charge in [0.25, 0.3) is 0 Å². The number of aromatic nitrogens is 3. The first-order valence-corrected chi connectivity index (χ1v) is 11.3. The minimum Gasteiger partial charge on any atom is -0.491 e. The molecule has 32 heavy (non-hydrogen) atoms. The number of hydrogen-bond acceptors (Lipinski definition) is 6. The van der Waals surface area contributed by atoms with E-state index in [-0.39, 0.29) is 12.3 Å². The average Bonchev–Trinajstić information content (AvgIpc) is 3.40. The monoisotopic (exact) mass is 436 g/mol. The largest absolute Gasteiger partial charge is 0.491 e. The summed E-state index contributed by atoms with van der Waals surface area (Å²) < 4.78 is 27.5. The van der Waals surface area contributed by atoms with E-state index in [0.717, 1.165) is 53.8 Å². The molecule has 0 radical (unpaired) electrons. The van der Waals surface area contributed by atoms with Crippen LogP contribution in [0.15, 0.2) is 30.5 Å². The zero-order chi connectivity index (χ0) is 21.9. The second-order valence-electron chi connectivity index (χ2n) is 8.32. The summed E-state index contributed by atoms with van der Waals surface area (Å²) in [5, 5.41) is 15.6. The van der Waals surface area contributed by atoms with Crippen molar-refractivity contribution in [3.05, 3.63) is 36.2 Å². The van der Waals surface area contributed by atoms with Crippen LogP contribution >= 0.6 is 0 Å². The molecule has 0 N–H and O–H groups in total. The highest BCUT2D eigenvalue weighted by molar-refractivity contribution is 5.94. The topological polar surface area (TPSA) is 83.5 Å². The maximum absolute atomic E-state index is 9.66. The lowest BCUT2D eigenvalue weighted by Gasteiger charge is -2.23. The molecule has 8 nitrogen and oxygen atoms in total. The Bertz CT molecular complexity index is 1120. The molecule has 5 rings (SSSR count). The lowest BCUT2D eigenvalue weighted by Crippen LogP contribution is -2.21. The summed E-state index contributed by atoms with van der Waals surface area (Å²) in [4.78, 5) is 0. The number of rotatable bonds is 1. The van der Waals surface area contributed by atoms with Crippen molar-refractivity contribution in [1.29, 1.82) is 5.26 Å². The fraction of sp³-hybridized carbons (Fsp3) is 0.500. The van der Waals surface area contributed by atoms with Gasteiger partial charge in [-0.25, -0.2) is 4.68 Å². The Balaban J connectivity index is 1.61. The van der Waals surface area contributed by atoms with Gasteiger partial charge in [-0.05, 0) is 50.5 Å². The van der Waals surface area contributed by atoms with Gasteiger partial charge < -0.3 is 23.5 Å². The molecule has 0 amide bonds. The molecule has 8 heteroatoms. The van der Waals surface area contributed by atoms with Crippen molar-refractivity contribution >= 4 is 10.9 Å². The van der Waals surface area contributed by atoms with Gasteiger partial charge in [0.05, 0.1) is 31.4 Å². The summed E-state index contributed by atoms with van der Waals surface area (Å²) in [6, 6.07) is 10.2. The molecule has 1 fully saturated rings. The van der Waals surface area contributed by atoms with Crippen LogP contribution in [0.1, 0.15) is 38.1 Å². The van der Waals surface area contributed by atoms with Gasteiger partial charge >= 0.3 is 0 Å². The molecule has 4 bridgehead atoms. The molecule has 168 valence electrons. The van der Waals surface area contributed by atoms with E-state index in [1.54, 1.807) is 0 Å². The summed E-state index contributed by atoms with van der Waals surface area (Å²) in [6.07, 6.45) is 4.99. The molecular weight excluding hydrogens is 408 g/mol. The van der Waals surface area contributed by atoms with E-state index in [9.17, 15) is 5.26 Å². The van der Waals surface area contributed by atoms with Crippen molar-refractivity contribution in [2.24, 2.45) is 0 Å². The van der Waals surface area contributed by atoms with Crippen LogP contribution < -0.4 is 4.74 Å². The zero-order valence-electron chi connectivity index (χ0n) is 18.3. The quantitative estimate of drug-likeness (QED) is 0.576. The Hall–Kier alpha value is -2.86. The van der Waals surface area contributed by atoms with Crippen molar-refractivity contribution < 1.29 is 18.9 Å². The van der Waals surface area contributed by atoms with Crippen LogP contribution in [-0.4, -0.2) is 53.5 Å². The summed E-state index contributed by atoms with van der Waals surface area (Å²) in [6.45, 7) is 5.30. The summed E-state index contributed by atoms with van der Waals surface area (Å²) in [5.74, 6) is 0.765. The lowest BCUT2D eigenvalue weighted by atomic mass is 10.1. The summed E-state index contributed by atoms with van der Waals surface area (Å²) in [5.41, 5.74) is 3.32. The molecule has 1 unspecified atom stereocenters. The van der Waals surface area contributed by atoms with Gasteiger partial charge in [-0.3, -0.25) is 0 Å². The van der Waals surface area contributed by atoms with Crippen LogP contribution in [0.2, 0.25) is 0 Å². The zero-order valence-corrected chi connectivity index (χ0v) is 18.3. The normalized spacial score (nSPS) is 22.5. The van der Waals surface area contributed by atoms with Crippen LogP contribution in [0, 0.1) is 11.3 Å². The Kier molecular flexibility index (Phi) is 6.12. The van der Waals surface area contributed by atoms with Crippen molar-refractivity contribution in [3.8, 4) is 23.1 Å². The highest BCUT2D eigenvalue weighted by Crippen LogP contribution is 2.35. The first-order chi connectivity index (χ1) is 15.7. The molecule has 2 aliphatic rings. The van der Waals surface area contributed by atoms with E-state index >= 15 is 0 Å². The third-order valence-electron chi connectivity index (χ3n) is 5.98. The first-order valence-electron chi connectivity index (χ1n) is 11.3. The number of nitrogens with zero attached hydrogens (tertiary/aromatic N) is 4. The van der Waals surface area contributed by atoms with Crippen molar-refractivity contribution in [3.63, 3.8) is 0 Å². The van der Waals surface area contributed by atoms with Crippen molar-refractivity contribution in [2.75, 3.05) is 33.0 Å². The van der Waals surface area contributed by atoms with Crippen LogP contribution in [0.4, 0.5) is 0 Å². The average molecular weight is 437 g/mol. The van der Waals surface area contributed by atoms with Crippen molar-refractivity contribution in [2.45, 2.75) is 45.1 Å². The second kappa shape index (κ2) is 9.33. The number of hydrogen-bond donors (Lipinski definition) is 0. The molecular formula is C24H28N4O4. The van der Waals surface area contributed by atoms with Crippen LogP contribution in [0.3, 0.4) is 0 Å². The lowest BCUT2D eigenvalue weighted by molar-refractivity contribution is -0.0365. The van der Waals surface area contributed by atoms with Gasteiger partial charge in [-0.2, -0.15) is 10.4 Å². The predicted octanol–water partition coefficient (Wildman–Crippen LogP) is 3.89. The van der Waals surface area contributed by atoms with Gasteiger partial charge in [-0.1, -0.05) is 0 Å². The predicted molar refractivity (Wildman–Crippen MR) is 118 cm³/mol. The highest BCUT2D eigenvalue weighted by atomic mass is 16.6.